The standard InChI is InChI=1S/C13H20N2O4/c1-18-6-7-19-10-15-13(17)14-8-11-2-4-12(9-16)5-3-11/h2-5,16H,6-10H2,1H3,(H2,14,15,17). The van der Waals surface area contributed by atoms with Gasteiger partial charge in [0.2, 0.25) is 0 Å². The highest BCUT2D eigenvalue weighted by atomic mass is 16.5. The molecule has 1 aromatic rings. The molecule has 2 amide bonds. The van der Waals surface area contributed by atoms with Crippen LogP contribution in [0.5, 0.6) is 0 Å². The summed E-state index contributed by atoms with van der Waals surface area (Å²) >= 11 is 0. The van der Waals surface area contributed by atoms with Gasteiger partial charge in [0.1, 0.15) is 6.73 Å². The molecule has 0 saturated heterocycles. The molecular formula is C13H20N2O4. The molecule has 0 spiro atoms. The van der Waals surface area contributed by atoms with E-state index in [1.807, 2.05) is 24.3 Å². The van der Waals surface area contributed by atoms with Crippen LogP contribution in [0.3, 0.4) is 0 Å². The first-order valence-electron chi connectivity index (χ1n) is 6.03. The maximum atomic E-state index is 11.4. The minimum absolute atomic E-state index is 0.0208. The summed E-state index contributed by atoms with van der Waals surface area (Å²) in [7, 11) is 1.59. The molecule has 0 bridgehead atoms. The number of hydrogen-bond acceptors (Lipinski definition) is 4. The summed E-state index contributed by atoms with van der Waals surface area (Å²) in [5.74, 6) is 0. The Morgan fingerprint density at radius 1 is 1.16 bits per heavy atom. The van der Waals surface area contributed by atoms with Crippen LogP contribution < -0.4 is 10.6 Å². The number of aliphatic hydroxyl groups is 1. The van der Waals surface area contributed by atoms with Crippen molar-refractivity contribution in [3.05, 3.63) is 35.4 Å². The van der Waals surface area contributed by atoms with Gasteiger partial charge in [-0.15, -0.1) is 0 Å². The van der Waals surface area contributed by atoms with Gasteiger partial charge in [-0.2, -0.15) is 0 Å². The van der Waals surface area contributed by atoms with Crippen molar-refractivity contribution in [2.24, 2.45) is 0 Å². The first-order chi connectivity index (χ1) is 9.26. The van der Waals surface area contributed by atoms with Crippen LogP contribution in [-0.4, -0.2) is 38.2 Å². The third-order valence-corrected chi connectivity index (χ3v) is 2.43. The van der Waals surface area contributed by atoms with E-state index in [1.165, 1.54) is 0 Å². The Morgan fingerprint density at radius 2 is 1.84 bits per heavy atom. The first-order valence-corrected chi connectivity index (χ1v) is 6.03. The molecule has 0 saturated carbocycles. The summed E-state index contributed by atoms with van der Waals surface area (Å²) < 4.78 is 9.90. The fourth-order valence-corrected chi connectivity index (χ4v) is 1.34. The molecule has 1 rings (SSSR count). The fourth-order valence-electron chi connectivity index (χ4n) is 1.34. The van der Waals surface area contributed by atoms with Gasteiger partial charge in [-0.3, -0.25) is 0 Å². The second-order valence-electron chi connectivity index (χ2n) is 3.88. The minimum Gasteiger partial charge on any atom is -0.392 e. The number of carbonyl (C=O) groups excluding carboxylic acids is 1. The summed E-state index contributed by atoms with van der Waals surface area (Å²) in [4.78, 5) is 11.4. The molecular weight excluding hydrogens is 248 g/mol. The molecule has 0 unspecified atom stereocenters. The molecule has 0 fully saturated rings. The summed E-state index contributed by atoms with van der Waals surface area (Å²) in [5.41, 5.74) is 1.81. The van der Waals surface area contributed by atoms with Crippen LogP contribution in [0.4, 0.5) is 4.79 Å². The van der Waals surface area contributed by atoms with E-state index in [2.05, 4.69) is 10.6 Å². The van der Waals surface area contributed by atoms with Gasteiger partial charge >= 0.3 is 6.03 Å². The third-order valence-electron chi connectivity index (χ3n) is 2.43. The molecule has 0 aliphatic rings. The van der Waals surface area contributed by atoms with E-state index < -0.39 is 0 Å². The average molecular weight is 268 g/mol. The Balaban J connectivity index is 2.15. The van der Waals surface area contributed by atoms with Crippen molar-refractivity contribution >= 4 is 6.03 Å². The average Bonchev–Trinajstić information content (AvgIpc) is 2.45. The summed E-state index contributed by atoms with van der Waals surface area (Å²) in [6.45, 7) is 1.54. The van der Waals surface area contributed by atoms with Crippen molar-refractivity contribution in [2.75, 3.05) is 27.1 Å². The molecule has 0 heterocycles. The number of urea groups is 1. The van der Waals surface area contributed by atoms with E-state index in [0.717, 1.165) is 11.1 Å². The summed E-state index contributed by atoms with van der Waals surface area (Å²) in [5, 5.41) is 14.2. The van der Waals surface area contributed by atoms with E-state index in [9.17, 15) is 4.79 Å². The largest absolute Gasteiger partial charge is 0.392 e. The zero-order valence-electron chi connectivity index (χ0n) is 11.0. The number of aliphatic hydroxyl groups excluding tert-OH is 1. The number of amides is 2. The minimum atomic E-state index is -0.288. The molecule has 0 atom stereocenters. The molecule has 3 N–H and O–H groups in total. The van der Waals surface area contributed by atoms with Crippen LogP contribution in [0, 0.1) is 0 Å². The molecule has 6 nitrogen and oxygen atoms in total. The molecule has 0 aliphatic carbocycles. The first kappa shape index (κ1) is 15.4. The van der Waals surface area contributed by atoms with E-state index >= 15 is 0 Å². The van der Waals surface area contributed by atoms with Crippen molar-refractivity contribution in [3.8, 4) is 0 Å². The smallest absolute Gasteiger partial charge is 0.316 e. The number of carbonyl (C=O) groups is 1. The fraction of sp³-hybridized carbons (Fsp3) is 0.462. The molecule has 19 heavy (non-hydrogen) atoms. The topological polar surface area (TPSA) is 79.8 Å². The van der Waals surface area contributed by atoms with Crippen LogP contribution in [0.25, 0.3) is 0 Å². The van der Waals surface area contributed by atoms with Crippen LogP contribution in [0.2, 0.25) is 0 Å². The number of rotatable bonds is 8. The Labute approximate surface area is 112 Å². The third kappa shape index (κ3) is 6.76. The van der Waals surface area contributed by atoms with Gasteiger partial charge in [0.15, 0.2) is 0 Å². The Kier molecular flexibility index (Phi) is 7.57. The van der Waals surface area contributed by atoms with E-state index in [1.54, 1.807) is 7.11 Å². The summed E-state index contributed by atoms with van der Waals surface area (Å²) in [6.07, 6.45) is 0. The molecule has 0 aromatic heterocycles. The van der Waals surface area contributed by atoms with Crippen molar-refractivity contribution < 1.29 is 19.4 Å². The predicted octanol–water partition coefficient (Wildman–Crippen LogP) is 0.599. The van der Waals surface area contributed by atoms with Crippen molar-refractivity contribution in [2.45, 2.75) is 13.2 Å². The lowest BCUT2D eigenvalue weighted by Gasteiger charge is -2.08. The lowest BCUT2D eigenvalue weighted by atomic mass is 10.1. The molecule has 0 aliphatic heterocycles. The van der Waals surface area contributed by atoms with Crippen LogP contribution in [-0.2, 0) is 22.6 Å². The molecule has 6 heteroatoms. The second kappa shape index (κ2) is 9.32. The normalized spacial score (nSPS) is 10.2. The molecule has 0 radical (unpaired) electrons. The lowest BCUT2D eigenvalue weighted by molar-refractivity contribution is 0.0642. The number of ether oxygens (including phenoxy) is 2. The molecule has 1 aromatic carbocycles. The zero-order valence-corrected chi connectivity index (χ0v) is 11.0. The molecule has 106 valence electrons. The van der Waals surface area contributed by atoms with Gasteiger partial charge in [-0.25, -0.2) is 4.79 Å². The Morgan fingerprint density at radius 3 is 2.47 bits per heavy atom. The van der Waals surface area contributed by atoms with Crippen molar-refractivity contribution in [1.82, 2.24) is 10.6 Å². The van der Waals surface area contributed by atoms with E-state index in [4.69, 9.17) is 14.6 Å². The van der Waals surface area contributed by atoms with Gasteiger partial charge in [-0.1, -0.05) is 24.3 Å². The lowest BCUT2D eigenvalue weighted by Crippen LogP contribution is -2.36. The number of methoxy groups -OCH3 is 1. The van der Waals surface area contributed by atoms with Gasteiger partial charge in [0.05, 0.1) is 19.8 Å². The zero-order chi connectivity index (χ0) is 13.9. The highest BCUT2D eigenvalue weighted by molar-refractivity contribution is 5.73. The predicted molar refractivity (Wildman–Crippen MR) is 70.4 cm³/mol. The maximum Gasteiger partial charge on any atom is 0.316 e. The van der Waals surface area contributed by atoms with Crippen LogP contribution in [0.15, 0.2) is 24.3 Å². The number of hydrogen-bond donors (Lipinski definition) is 3. The quantitative estimate of drug-likeness (QED) is 0.476. The van der Waals surface area contributed by atoms with Gasteiger partial charge in [0, 0.05) is 13.7 Å². The van der Waals surface area contributed by atoms with E-state index in [-0.39, 0.29) is 19.4 Å². The highest BCUT2D eigenvalue weighted by Gasteiger charge is 2.00. The monoisotopic (exact) mass is 268 g/mol. The Hall–Kier alpha value is -1.63. The van der Waals surface area contributed by atoms with Crippen molar-refractivity contribution in [3.63, 3.8) is 0 Å². The number of benzene rings is 1. The van der Waals surface area contributed by atoms with Crippen LogP contribution in [0.1, 0.15) is 11.1 Å². The van der Waals surface area contributed by atoms with Gasteiger partial charge in [0.25, 0.3) is 0 Å². The van der Waals surface area contributed by atoms with E-state index in [0.29, 0.717) is 19.8 Å². The second-order valence-corrected chi connectivity index (χ2v) is 3.88. The van der Waals surface area contributed by atoms with Crippen LogP contribution >= 0.6 is 0 Å². The van der Waals surface area contributed by atoms with Gasteiger partial charge < -0.3 is 25.2 Å². The Bertz CT molecular complexity index is 367. The summed E-state index contributed by atoms with van der Waals surface area (Å²) in [6, 6.07) is 7.08. The maximum absolute atomic E-state index is 11.4. The highest BCUT2D eigenvalue weighted by Crippen LogP contribution is 2.03. The van der Waals surface area contributed by atoms with Crippen molar-refractivity contribution in [1.29, 1.82) is 0 Å². The van der Waals surface area contributed by atoms with Gasteiger partial charge in [-0.05, 0) is 11.1 Å². The number of nitrogens with one attached hydrogen (secondary N) is 2. The SMILES string of the molecule is COCCOCNC(=O)NCc1ccc(CO)cc1.